The third-order valence-corrected chi connectivity index (χ3v) is 7.89. The molecule has 1 N–H and O–H groups in total. The molecule has 0 saturated carbocycles. The molecule has 0 bridgehead atoms. The molecule has 0 aliphatic carbocycles. The van der Waals surface area contributed by atoms with Gasteiger partial charge in [0.15, 0.2) is 0 Å². The van der Waals surface area contributed by atoms with Gasteiger partial charge in [0.05, 0.1) is 11.2 Å². The standard InChI is InChI=1S/C26H39N7O3/c1-25(2,3)36-24(34)33-14-13-31(17-19(33)15-27-4)22-20-7-10-28-16-21(20)29-23(30-22)35-18-26-8-5-11-32(26)12-6-9-26/h19,28H,5-18H2,1-3H3/t19-/m0/s1. The molecule has 0 unspecified atom stereocenters. The van der Waals surface area contributed by atoms with E-state index in [0.717, 1.165) is 43.1 Å². The molecule has 196 valence electrons. The van der Waals surface area contributed by atoms with Crippen molar-refractivity contribution in [2.75, 3.05) is 57.3 Å². The first-order valence-electron chi connectivity index (χ1n) is 13.3. The second kappa shape index (κ2) is 10.0. The number of amides is 1. The fourth-order valence-corrected chi connectivity index (χ4v) is 6.17. The zero-order chi connectivity index (χ0) is 25.3. The third kappa shape index (κ3) is 5.09. The molecule has 10 heteroatoms. The summed E-state index contributed by atoms with van der Waals surface area (Å²) >= 11 is 0. The molecule has 5 rings (SSSR count). The van der Waals surface area contributed by atoms with Crippen LogP contribution in [0, 0.1) is 6.57 Å². The fraction of sp³-hybridized carbons (Fsp3) is 0.769. The number of aromatic nitrogens is 2. The fourth-order valence-electron chi connectivity index (χ4n) is 6.17. The van der Waals surface area contributed by atoms with Crippen molar-refractivity contribution in [3.05, 3.63) is 22.7 Å². The molecule has 1 aromatic heterocycles. The second-order valence-corrected chi connectivity index (χ2v) is 11.5. The van der Waals surface area contributed by atoms with E-state index in [1.165, 1.54) is 25.7 Å². The summed E-state index contributed by atoms with van der Waals surface area (Å²) in [5.74, 6) is 0.891. The Labute approximate surface area is 214 Å². The maximum atomic E-state index is 12.9. The number of carbonyl (C=O) groups is 1. The van der Waals surface area contributed by atoms with Crippen LogP contribution in [0.2, 0.25) is 0 Å². The first-order valence-corrected chi connectivity index (χ1v) is 13.3. The van der Waals surface area contributed by atoms with Crippen LogP contribution in [0.4, 0.5) is 10.6 Å². The van der Waals surface area contributed by atoms with Gasteiger partial charge < -0.3 is 24.5 Å². The highest BCUT2D eigenvalue weighted by atomic mass is 16.6. The largest absolute Gasteiger partial charge is 0.461 e. The van der Waals surface area contributed by atoms with Crippen LogP contribution < -0.4 is 15.0 Å². The molecule has 0 aromatic carbocycles. The molecule has 1 atom stereocenters. The molecule has 1 aromatic rings. The number of hydrogen-bond acceptors (Lipinski definition) is 8. The number of piperazine rings is 1. The summed E-state index contributed by atoms with van der Waals surface area (Å²) in [7, 11) is 0. The number of carbonyl (C=O) groups excluding carboxylic acids is 1. The van der Waals surface area contributed by atoms with E-state index in [0.29, 0.717) is 38.8 Å². The van der Waals surface area contributed by atoms with Gasteiger partial charge in [-0.05, 0) is 72.5 Å². The average molecular weight is 498 g/mol. The molecule has 36 heavy (non-hydrogen) atoms. The second-order valence-electron chi connectivity index (χ2n) is 11.5. The van der Waals surface area contributed by atoms with Gasteiger partial charge in [0.1, 0.15) is 24.1 Å². The van der Waals surface area contributed by atoms with Crippen molar-refractivity contribution in [3.63, 3.8) is 0 Å². The zero-order valence-corrected chi connectivity index (χ0v) is 21.9. The topological polar surface area (TPSA) is 87.4 Å². The van der Waals surface area contributed by atoms with E-state index in [2.05, 4.69) is 20.0 Å². The summed E-state index contributed by atoms with van der Waals surface area (Å²) in [4.78, 5) is 32.7. The van der Waals surface area contributed by atoms with E-state index in [-0.39, 0.29) is 24.2 Å². The van der Waals surface area contributed by atoms with Gasteiger partial charge in [-0.1, -0.05) is 0 Å². The van der Waals surface area contributed by atoms with E-state index in [4.69, 9.17) is 26.0 Å². The van der Waals surface area contributed by atoms with Crippen LogP contribution >= 0.6 is 0 Å². The number of anilines is 1. The van der Waals surface area contributed by atoms with Crippen molar-refractivity contribution in [2.45, 2.75) is 76.6 Å². The Morgan fingerprint density at radius 2 is 1.97 bits per heavy atom. The van der Waals surface area contributed by atoms with Crippen LogP contribution in [0.1, 0.15) is 57.7 Å². The van der Waals surface area contributed by atoms with Crippen molar-refractivity contribution in [1.82, 2.24) is 25.1 Å². The van der Waals surface area contributed by atoms with Crippen molar-refractivity contribution >= 4 is 11.9 Å². The SMILES string of the molecule is [C-]#[N+]C[C@H]1CN(c2nc(OCC34CCCN3CCC4)nc3c2CCNC3)CCN1C(=O)OC(C)(C)C. The molecule has 10 nitrogen and oxygen atoms in total. The predicted molar refractivity (Wildman–Crippen MR) is 136 cm³/mol. The summed E-state index contributed by atoms with van der Waals surface area (Å²) in [5, 5.41) is 3.42. The van der Waals surface area contributed by atoms with Crippen molar-refractivity contribution in [2.24, 2.45) is 0 Å². The van der Waals surface area contributed by atoms with Crippen molar-refractivity contribution in [3.8, 4) is 6.01 Å². The molecule has 0 radical (unpaired) electrons. The van der Waals surface area contributed by atoms with Crippen LogP contribution in [0.15, 0.2) is 0 Å². The lowest BCUT2D eigenvalue weighted by Gasteiger charge is -2.41. The lowest BCUT2D eigenvalue weighted by molar-refractivity contribution is 0.0155. The highest BCUT2D eigenvalue weighted by molar-refractivity contribution is 5.69. The average Bonchev–Trinajstić information content (AvgIpc) is 3.42. The minimum atomic E-state index is -0.574. The molecule has 5 heterocycles. The summed E-state index contributed by atoms with van der Waals surface area (Å²) in [6.07, 6.45) is 5.31. The molecule has 4 aliphatic heterocycles. The van der Waals surface area contributed by atoms with Gasteiger partial charge in [-0.25, -0.2) is 11.4 Å². The van der Waals surface area contributed by atoms with Gasteiger partial charge in [0.25, 0.3) is 0 Å². The van der Waals surface area contributed by atoms with Crippen LogP contribution in [0.5, 0.6) is 6.01 Å². The normalized spacial score (nSPS) is 23.7. The van der Waals surface area contributed by atoms with Crippen LogP contribution in [0.3, 0.4) is 0 Å². The minimum Gasteiger partial charge on any atom is -0.461 e. The van der Waals surface area contributed by atoms with Crippen molar-refractivity contribution < 1.29 is 14.3 Å². The molecule has 3 fully saturated rings. The lowest BCUT2D eigenvalue weighted by atomic mass is 9.95. The quantitative estimate of drug-likeness (QED) is 0.621. The van der Waals surface area contributed by atoms with Gasteiger partial charge >= 0.3 is 12.1 Å². The van der Waals surface area contributed by atoms with Crippen LogP contribution in [-0.2, 0) is 17.7 Å². The summed E-state index contributed by atoms with van der Waals surface area (Å²) in [6.45, 7) is 19.5. The maximum absolute atomic E-state index is 12.9. The number of rotatable bonds is 5. The molecule has 1 amide bonds. The summed E-state index contributed by atoms with van der Waals surface area (Å²) in [5.41, 5.74) is 1.70. The molecule has 3 saturated heterocycles. The molecular formula is C26H39N7O3. The maximum Gasteiger partial charge on any atom is 0.410 e. The van der Waals surface area contributed by atoms with E-state index < -0.39 is 5.60 Å². The van der Waals surface area contributed by atoms with Gasteiger partial charge in [0, 0.05) is 31.7 Å². The smallest absolute Gasteiger partial charge is 0.410 e. The Bertz CT molecular complexity index is 1010. The number of nitrogens with zero attached hydrogens (tertiary/aromatic N) is 6. The number of ether oxygens (including phenoxy) is 2. The Balaban J connectivity index is 1.36. The van der Waals surface area contributed by atoms with Crippen molar-refractivity contribution in [1.29, 1.82) is 0 Å². The summed E-state index contributed by atoms with van der Waals surface area (Å²) < 4.78 is 12.0. The van der Waals surface area contributed by atoms with E-state index >= 15 is 0 Å². The van der Waals surface area contributed by atoms with Gasteiger partial charge in [-0.3, -0.25) is 9.80 Å². The Morgan fingerprint density at radius 1 is 1.19 bits per heavy atom. The Morgan fingerprint density at radius 3 is 2.69 bits per heavy atom. The van der Waals surface area contributed by atoms with Gasteiger partial charge in [-0.15, -0.1) is 0 Å². The molecule has 0 spiro atoms. The summed E-state index contributed by atoms with van der Waals surface area (Å²) in [6, 6.07) is 0.184. The Hall–Kier alpha value is -2.64. The van der Waals surface area contributed by atoms with E-state index in [1.807, 2.05) is 20.8 Å². The van der Waals surface area contributed by atoms with Gasteiger partial charge in [0.2, 0.25) is 6.54 Å². The number of fused-ring (bicyclic) bond motifs is 2. The third-order valence-electron chi connectivity index (χ3n) is 7.89. The predicted octanol–water partition coefficient (Wildman–Crippen LogP) is 2.47. The monoisotopic (exact) mass is 497 g/mol. The van der Waals surface area contributed by atoms with Crippen LogP contribution in [-0.4, -0.2) is 95.5 Å². The first-order chi connectivity index (χ1) is 17.3. The highest BCUT2D eigenvalue weighted by Crippen LogP contribution is 2.39. The zero-order valence-electron chi connectivity index (χ0n) is 21.9. The first kappa shape index (κ1) is 25.0. The Kier molecular flexibility index (Phi) is 6.97. The lowest BCUT2D eigenvalue weighted by Crippen LogP contribution is -2.57. The molecular weight excluding hydrogens is 458 g/mol. The van der Waals surface area contributed by atoms with E-state index in [9.17, 15) is 4.79 Å². The minimum absolute atomic E-state index is 0.136. The highest BCUT2D eigenvalue weighted by Gasteiger charge is 2.45. The molecule has 4 aliphatic rings. The number of nitrogens with one attached hydrogen (secondary N) is 1. The van der Waals surface area contributed by atoms with Gasteiger partial charge in [-0.2, -0.15) is 9.97 Å². The number of hydrogen-bond donors (Lipinski definition) is 1. The van der Waals surface area contributed by atoms with E-state index in [1.54, 1.807) is 4.90 Å². The van der Waals surface area contributed by atoms with Crippen LogP contribution in [0.25, 0.3) is 4.85 Å².